The quantitative estimate of drug-likeness (QED) is 0.500. The van der Waals surface area contributed by atoms with Crippen molar-refractivity contribution in [2.75, 3.05) is 12.8 Å². The van der Waals surface area contributed by atoms with Crippen molar-refractivity contribution < 1.29 is 9.13 Å². The number of nitrogens with two attached hydrogens (primary N) is 1. The van der Waals surface area contributed by atoms with E-state index in [1.165, 1.54) is 13.2 Å². The van der Waals surface area contributed by atoms with E-state index in [0.29, 0.717) is 27.3 Å². The van der Waals surface area contributed by atoms with Gasteiger partial charge in [0.05, 0.1) is 23.6 Å². The van der Waals surface area contributed by atoms with Gasteiger partial charge < -0.3 is 15.0 Å². The minimum atomic E-state index is -0.576. The second-order valence-corrected chi connectivity index (χ2v) is 8.18. The molecule has 0 saturated heterocycles. The molecule has 0 spiro atoms. The molecular weight excluding hydrogens is 393 g/mol. The van der Waals surface area contributed by atoms with E-state index in [-0.39, 0.29) is 22.4 Å². The van der Waals surface area contributed by atoms with Gasteiger partial charge in [0.25, 0.3) is 5.56 Å². The van der Waals surface area contributed by atoms with E-state index in [9.17, 15) is 9.59 Å². The van der Waals surface area contributed by atoms with E-state index in [0.717, 1.165) is 29.9 Å². The number of rotatable bonds is 3. The molecule has 3 N–H and O–H groups in total. The summed E-state index contributed by atoms with van der Waals surface area (Å²) < 4.78 is 25.6. The Bertz CT molecular complexity index is 1430. The number of methoxy groups -OCH3 is 1. The summed E-state index contributed by atoms with van der Waals surface area (Å²) in [5, 5.41) is 0.228. The van der Waals surface area contributed by atoms with Crippen LogP contribution in [0.4, 0.5) is 10.1 Å². The summed E-state index contributed by atoms with van der Waals surface area (Å²) in [6, 6.07) is 6.60. The highest BCUT2D eigenvalue weighted by Crippen LogP contribution is 2.46. The number of aromatic nitrogens is 2. The van der Waals surface area contributed by atoms with E-state index < -0.39 is 16.8 Å². The average molecular weight is 411 g/mol. The second-order valence-electron chi connectivity index (χ2n) is 7.38. The van der Waals surface area contributed by atoms with Crippen LogP contribution in [0.25, 0.3) is 32.2 Å². The fraction of sp³-hybridized carbons (Fsp3) is 0.238. The normalized spacial score (nSPS) is 14.0. The van der Waals surface area contributed by atoms with Gasteiger partial charge in [-0.2, -0.15) is 0 Å². The van der Waals surface area contributed by atoms with Crippen LogP contribution in [0.3, 0.4) is 0 Å². The Morgan fingerprint density at radius 2 is 2.03 bits per heavy atom. The third-order valence-electron chi connectivity index (χ3n) is 5.46. The van der Waals surface area contributed by atoms with E-state index in [4.69, 9.17) is 10.5 Å². The maximum absolute atomic E-state index is 15.3. The summed E-state index contributed by atoms with van der Waals surface area (Å²) in [7, 11) is 1.47. The number of fused-ring (bicyclic) bond motifs is 2. The van der Waals surface area contributed by atoms with Gasteiger partial charge in [0.2, 0.25) is 5.43 Å². The van der Waals surface area contributed by atoms with Crippen molar-refractivity contribution in [3.05, 3.63) is 56.2 Å². The minimum absolute atomic E-state index is 0.0762. The molecule has 2 aromatic heterocycles. The third-order valence-corrected chi connectivity index (χ3v) is 6.34. The molecule has 0 radical (unpaired) electrons. The van der Waals surface area contributed by atoms with Gasteiger partial charge in [-0.1, -0.05) is 6.07 Å². The van der Waals surface area contributed by atoms with Crippen LogP contribution in [0.2, 0.25) is 0 Å². The van der Waals surface area contributed by atoms with Crippen LogP contribution in [-0.4, -0.2) is 16.1 Å². The van der Waals surface area contributed by atoms with Gasteiger partial charge in [0.1, 0.15) is 16.0 Å². The van der Waals surface area contributed by atoms with Crippen molar-refractivity contribution in [2.45, 2.75) is 25.8 Å². The van der Waals surface area contributed by atoms with E-state index in [2.05, 4.69) is 4.37 Å². The van der Waals surface area contributed by atoms with Gasteiger partial charge in [-0.05, 0) is 60.6 Å². The molecule has 0 aliphatic heterocycles. The van der Waals surface area contributed by atoms with Crippen molar-refractivity contribution in [3.8, 4) is 16.9 Å². The molecule has 0 atom stereocenters. The lowest BCUT2D eigenvalue weighted by Crippen LogP contribution is -2.16. The number of anilines is 1. The third kappa shape index (κ3) is 2.52. The summed E-state index contributed by atoms with van der Waals surface area (Å²) in [4.78, 5) is 25.9. The molecule has 1 saturated carbocycles. The fourth-order valence-electron chi connectivity index (χ4n) is 4.03. The lowest BCUT2D eigenvalue weighted by Gasteiger charge is -2.19. The van der Waals surface area contributed by atoms with Gasteiger partial charge in [-0.25, -0.2) is 4.39 Å². The lowest BCUT2D eigenvalue weighted by atomic mass is 9.96. The van der Waals surface area contributed by atoms with E-state index in [1.807, 2.05) is 11.5 Å². The van der Waals surface area contributed by atoms with Gasteiger partial charge in [-0.15, -0.1) is 0 Å². The summed E-state index contributed by atoms with van der Waals surface area (Å²) in [5.74, 6) is -0.285. The zero-order valence-corrected chi connectivity index (χ0v) is 16.7. The number of aryl methyl sites for hydroxylation is 1. The number of nitrogens with one attached hydrogen (secondary N) is 1. The molecule has 6 nitrogen and oxygen atoms in total. The van der Waals surface area contributed by atoms with E-state index in [1.54, 1.807) is 18.2 Å². The maximum atomic E-state index is 15.3. The first kappa shape index (κ1) is 17.9. The predicted molar refractivity (Wildman–Crippen MR) is 114 cm³/mol. The molecule has 0 amide bonds. The molecule has 8 heteroatoms. The zero-order chi connectivity index (χ0) is 20.4. The number of hydrogen-bond donors (Lipinski definition) is 2. The van der Waals surface area contributed by atoms with Crippen molar-refractivity contribution >= 4 is 38.3 Å². The van der Waals surface area contributed by atoms with Crippen LogP contribution in [0.5, 0.6) is 5.75 Å². The van der Waals surface area contributed by atoms with Crippen LogP contribution in [0.1, 0.15) is 24.4 Å². The summed E-state index contributed by atoms with van der Waals surface area (Å²) in [6.07, 6.45) is 1.85. The summed E-state index contributed by atoms with van der Waals surface area (Å²) in [6.45, 7) is 1.85. The molecule has 0 bridgehead atoms. The summed E-state index contributed by atoms with van der Waals surface area (Å²) >= 11 is 1.13. The Labute approximate surface area is 168 Å². The number of pyridine rings is 1. The number of aromatic amines is 1. The largest absolute Gasteiger partial charge is 0.494 e. The molecule has 148 valence electrons. The van der Waals surface area contributed by atoms with Crippen LogP contribution in [0, 0.1) is 12.7 Å². The number of nitrogens with zero attached hydrogens (tertiary/aromatic N) is 1. The van der Waals surface area contributed by atoms with Crippen molar-refractivity contribution in [1.82, 2.24) is 8.94 Å². The average Bonchev–Trinajstić information content (AvgIpc) is 3.44. The smallest absolute Gasteiger partial charge is 0.271 e. The highest BCUT2D eigenvalue weighted by Gasteiger charge is 2.32. The molecule has 1 aliphatic carbocycles. The molecule has 1 fully saturated rings. The highest BCUT2D eigenvalue weighted by atomic mass is 32.1. The Morgan fingerprint density at radius 1 is 1.28 bits per heavy atom. The Balaban J connectivity index is 2.01. The molecule has 0 unspecified atom stereocenters. The van der Waals surface area contributed by atoms with Gasteiger partial charge >= 0.3 is 0 Å². The minimum Gasteiger partial charge on any atom is -0.494 e. The topological polar surface area (TPSA) is 90.1 Å². The number of hydrogen-bond acceptors (Lipinski definition) is 5. The number of ether oxygens (including phenoxy) is 1. The Hall–Kier alpha value is -3.13. The van der Waals surface area contributed by atoms with Crippen LogP contribution in [0.15, 0.2) is 33.9 Å². The van der Waals surface area contributed by atoms with Gasteiger partial charge in [0, 0.05) is 11.7 Å². The number of benzene rings is 2. The maximum Gasteiger partial charge on any atom is 0.271 e. The van der Waals surface area contributed by atoms with Crippen molar-refractivity contribution in [2.24, 2.45) is 0 Å². The standard InChI is InChI=1S/C21H18FN3O3S/c1-9-7-10(23)3-6-12(9)15-14(22)8-13-17(19(15)28-2)25(11-4-5-11)21-16(18(13)26)20(27)24-29-21/h3,6-8,11H,4-5,23H2,1-2H3,(H,24,27). The second kappa shape index (κ2) is 6.18. The molecule has 5 rings (SSSR count). The van der Waals surface area contributed by atoms with Crippen LogP contribution in [-0.2, 0) is 0 Å². The zero-order valence-electron chi connectivity index (χ0n) is 15.8. The van der Waals surface area contributed by atoms with Gasteiger partial charge in [0.15, 0.2) is 5.75 Å². The molecule has 2 heterocycles. The molecule has 1 aliphatic rings. The van der Waals surface area contributed by atoms with Crippen molar-refractivity contribution in [3.63, 3.8) is 0 Å². The monoisotopic (exact) mass is 411 g/mol. The van der Waals surface area contributed by atoms with Crippen LogP contribution < -0.4 is 21.5 Å². The highest BCUT2D eigenvalue weighted by molar-refractivity contribution is 7.12. The van der Waals surface area contributed by atoms with Crippen molar-refractivity contribution in [1.29, 1.82) is 0 Å². The predicted octanol–water partition coefficient (Wildman–Crippen LogP) is 3.94. The molecule has 29 heavy (non-hydrogen) atoms. The number of halogens is 1. The molecule has 4 aromatic rings. The van der Waals surface area contributed by atoms with Gasteiger partial charge in [-0.3, -0.25) is 14.0 Å². The molecule has 2 aromatic carbocycles. The number of nitrogen functional groups attached to an aromatic ring is 1. The first-order valence-corrected chi connectivity index (χ1v) is 10.1. The Morgan fingerprint density at radius 3 is 2.69 bits per heavy atom. The Kier molecular flexibility index (Phi) is 3.82. The number of H-pyrrole nitrogens is 1. The lowest BCUT2D eigenvalue weighted by molar-refractivity contribution is 0.416. The summed E-state index contributed by atoms with van der Waals surface area (Å²) in [5.41, 5.74) is 7.78. The first-order valence-electron chi connectivity index (χ1n) is 9.24. The van der Waals surface area contributed by atoms with E-state index >= 15 is 4.39 Å². The fourth-order valence-corrected chi connectivity index (χ4v) is 4.94. The SMILES string of the molecule is COc1c(-c2ccc(N)cc2C)c(F)cc2c(=O)c3c(=O)[nH]sc3n(C3CC3)c12. The molecular formula is C21H18FN3O3S. The van der Waals surface area contributed by atoms with Crippen LogP contribution >= 0.6 is 11.5 Å². The first-order chi connectivity index (χ1) is 13.9.